The molecule has 1 heterocycles. The fourth-order valence-electron chi connectivity index (χ4n) is 5.31. The molecule has 1 N–H and O–H groups in total. The molecule has 33 heavy (non-hydrogen) atoms. The van der Waals surface area contributed by atoms with Crippen LogP contribution in [0.3, 0.4) is 0 Å². The van der Waals surface area contributed by atoms with Gasteiger partial charge in [0.1, 0.15) is 0 Å². The van der Waals surface area contributed by atoms with Crippen molar-refractivity contribution in [1.29, 1.82) is 0 Å². The van der Waals surface area contributed by atoms with Crippen molar-refractivity contribution in [3.63, 3.8) is 0 Å². The maximum atomic E-state index is 12.9. The summed E-state index contributed by atoms with van der Waals surface area (Å²) < 4.78 is 27.3. The zero-order valence-electron chi connectivity index (χ0n) is 20.8. The summed E-state index contributed by atoms with van der Waals surface area (Å²) in [6.07, 6.45) is 9.62. The Labute approximate surface area is 201 Å². The third-order valence-corrected chi connectivity index (χ3v) is 9.24. The largest absolute Gasteiger partial charge is 0.356 e. The first-order valence-electron chi connectivity index (χ1n) is 12.9. The lowest BCUT2D eigenvalue weighted by Crippen LogP contribution is -2.43. The Morgan fingerprint density at radius 2 is 1.70 bits per heavy atom. The summed E-state index contributed by atoms with van der Waals surface area (Å²) in [6, 6.07) is 8.28. The van der Waals surface area contributed by atoms with Crippen LogP contribution in [0.15, 0.2) is 29.2 Å². The van der Waals surface area contributed by atoms with Crippen molar-refractivity contribution in [1.82, 2.24) is 14.5 Å². The number of hydrogen-bond acceptors (Lipinski definition) is 4. The molecule has 3 rings (SSSR count). The molecule has 6 nitrogen and oxygen atoms in total. The lowest BCUT2D eigenvalue weighted by atomic mass is 9.93. The molecule has 1 aromatic rings. The van der Waals surface area contributed by atoms with E-state index in [1.165, 1.54) is 32.1 Å². The van der Waals surface area contributed by atoms with Crippen LogP contribution in [-0.4, -0.2) is 61.8 Å². The van der Waals surface area contributed by atoms with Gasteiger partial charge in [0.05, 0.1) is 4.90 Å². The Morgan fingerprint density at radius 1 is 1.06 bits per heavy atom. The van der Waals surface area contributed by atoms with Gasteiger partial charge < -0.3 is 5.32 Å². The topological polar surface area (TPSA) is 69.7 Å². The molecule has 0 bridgehead atoms. The summed E-state index contributed by atoms with van der Waals surface area (Å²) in [5.41, 5.74) is 1.05. The predicted octanol–water partition coefficient (Wildman–Crippen LogP) is 4.34. The number of nitrogens with one attached hydrogen (secondary N) is 1. The van der Waals surface area contributed by atoms with Gasteiger partial charge in [-0.1, -0.05) is 37.0 Å². The fraction of sp³-hybridized carbons (Fsp3) is 0.731. The van der Waals surface area contributed by atoms with Crippen LogP contribution in [0, 0.1) is 12.8 Å². The molecule has 1 saturated heterocycles. The minimum atomic E-state index is -3.44. The van der Waals surface area contributed by atoms with Crippen LogP contribution in [-0.2, 0) is 14.8 Å². The molecule has 1 amide bonds. The Morgan fingerprint density at radius 3 is 2.30 bits per heavy atom. The summed E-state index contributed by atoms with van der Waals surface area (Å²) in [7, 11) is -3.44. The predicted molar refractivity (Wildman–Crippen MR) is 134 cm³/mol. The van der Waals surface area contributed by atoms with Crippen LogP contribution in [0.25, 0.3) is 0 Å². The van der Waals surface area contributed by atoms with E-state index in [9.17, 15) is 13.2 Å². The van der Waals surface area contributed by atoms with E-state index in [2.05, 4.69) is 24.1 Å². The average molecular weight is 478 g/mol. The molecule has 7 heteroatoms. The molecule has 0 aromatic heterocycles. The van der Waals surface area contributed by atoms with Crippen molar-refractivity contribution in [3.05, 3.63) is 29.8 Å². The molecular formula is C26H43N3O3S. The number of aryl methyl sites for hydroxylation is 1. The van der Waals surface area contributed by atoms with Gasteiger partial charge in [-0.15, -0.1) is 0 Å². The van der Waals surface area contributed by atoms with E-state index < -0.39 is 10.0 Å². The van der Waals surface area contributed by atoms with Gasteiger partial charge in [-0.2, -0.15) is 4.31 Å². The number of nitrogens with zero attached hydrogens (tertiary/aromatic N) is 2. The minimum Gasteiger partial charge on any atom is -0.356 e. The van der Waals surface area contributed by atoms with Crippen molar-refractivity contribution >= 4 is 15.9 Å². The standard InChI is InChI=1S/C26H43N3O3S/c1-21(2)29(24-8-5-4-6-9-24)17-7-16-27-26(30)20-23-14-18-28(19-15-23)33(31,32)25-12-10-22(3)11-13-25/h10-13,21,23-24H,4-9,14-20H2,1-3H3,(H,27,30). The van der Waals surface area contributed by atoms with Gasteiger partial charge >= 0.3 is 0 Å². The highest BCUT2D eigenvalue weighted by molar-refractivity contribution is 7.89. The minimum absolute atomic E-state index is 0.101. The van der Waals surface area contributed by atoms with Crippen molar-refractivity contribution < 1.29 is 13.2 Å². The average Bonchev–Trinajstić information content (AvgIpc) is 2.80. The van der Waals surface area contributed by atoms with Crippen molar-refractivity contribution in [2.24, 2.45) is 5.92 Å². The molecule has 0 atom stereocenters. The highest BCUT2D eigenvalue weighted by Gasteiger charge is 2.30. The first kappa shape index (κ1) is 26.2. The Kier molecular flexibility index (Phi) is 9.77. The van der Waals surface area contributed by atoms with Gasteiger partial charge in [0, 0.05) is 44.7 Å². The highest BCUT2D eigenvalue weighted by atomic mass is 32.2. The second kappa shape index (κ2) is 12.3. The van der Waals surface area contributed by atoms with Crippen molar-refractivity contribution in [3.8, 4) is 0 Å². The lowest BCUT2D eigenvalue weighted by Gasteiger charge is -2.37. The second-order valence-corrected chi connectivity index (χ2v) is 12.1. The molecule has 2 aliphatic rings. The summed E-state index contributed by atoms with van der Waals surface area (Å²) in [6.45, 7) is 9.23. The highest BCUT2D eigenvalue weighted by Crippen LogP contribution is 2.26. The van der Waals surface area contributed by atoms with Gasteiger partial charge in [-0.3, -0.25) is 9.69 Å². The third kappa shape index (κ3) is 7.52. The van der Waals surface area contributed by atoms with Crippen LogP contribution < -0.4 is 5.32 Å². The van der Waals surface area contributed by atoms with Gasteiger partial charge in [-0.05, 0) is 70.9 Å². The zero-order chi connectivity index (χ0) is 23.8. The lowest BCUT2D eigenvalue weighted by molar-refractivity contribution is -0.122. The zero-order valence-corrected chi connectivity index (χ0v) is 21.6. The number of carbonyl (C=O) groups excluding carboxylic acids is 1. The summed E-state index contributed by atoms with van der Waals surface area (Å²) in [5, 5.41) is 3.10. The molecular weight excluding hydrogens is 434 g/mol. The van der Waals surface area contributed by atoms with E-state index in [1.807, 2.05) is 19.1 Å². The summed E-state index contributed by atoms with van der Waals surface area (Å²) in [4.78, 5) is 15.4. The molecule has 0 spiro atoms. The summed E-state index contributed by atoms with van der Waals surface area (Å²) in [5.74, 6) is 0.354. The molecule has 1 aliphatic carbocycles. The van der Waals surface area contributed by atoms with Gasteiger partial charge in [-0.25, -0.2) is 8.42 Å². The van der Waals surface area contributed by atoms with Crippen LogP contribution >= 0.6 is 0 Å². The maximum Gasteiger partial charge on any atom is 0.243 e. The second-order valence-electron chi connectivity index (χ2n) is 10.2. The number of amides is 1. The molecule has 186 valence electrons. The Balaban J connectivity index is 1.36. The maximum absolute atomic E-state index is 12.9. The van der Waals surface area contributed by atoms with Crippen LogP contribution in [0.5, 0.6) is 0 Å². The first-order chi connectivity index (χ1) is 15.8. The Bertz CT molecular complexity index is 840. The molecule has 1 aliphatic heterocycles. The van der Waals surface area contributed by atoms with E-state index >= 15 is 0 Å². The monoisotopic (exact) mass is 477 g/mol. The number of rotatable bonds is 10. The number of sulfonamides is 1. The van der Waals surface area contributed by atoms with Crippen molar-refractivity contribution in [2.75, 3.05) is 26.2 Å². The number of piperidine rings is 1. The van der Waals surface area contributed by atoms with E-state index in [0.29, 0.717) is 36.5 Å². The van der Waals surface area contributed by atoms with Gasteiger partial charge in [0.2, 0.25) is 15.9 Å². The van der Waals surface area contributed by atoms with Gasteiger partial charge in [0.25, 0.3) is 0 Å². The van der Waals surface area contributed by atoms with E-state index in [0.717, 1.165) is 37.9 Å². The molecule has 0 unspecified atom stereocenters. The quantitative estimate of drug-likeness (QED) is 0.509. The molecule has 0 radical (unpaired) electrons. The van der Waals surface area contributed by atoms with E-state index in [1.54, 1.807) is 16.4 Å². The van der Waals surface area contributed by atoms with Gasteiger partial charge in [0.15, 0.2) is 0 Å². The third-order valence-electron chi connectivity index (χ3n) is 7.33. The smallest absolute Gasteiger partial charge is 0.243 e. The first-order valence-corrected chi connectivity index (χ1v) is 14.3. The Hall–Kier alpha value is -1.44. The molecule has 2 fully saturated rings. The normalized spacial score (nSPS) is 19.3. The number of hydrogen-bond donors (Lipinski definition) is 1. The van der Waals surface area contributed by atoms with Crippen LogP contribution in [0.4, 0.5) is 0 Å². The number of benzene rings is 1. The molecule has 1 aromatic carbocycles. The van der Waals surface area contributed by atoms with E-state index in [-0.39, 0.29) is 11.8 Å². The van der Waals surface area contributed by atoms with E-state index in [4.69, 9.17) is 0 Å². The van der Waals surface area contributed by atoms with Crippen molar-refractivity contribution in [2.45, 2.75) is 95.5 Å². The number of carbonyl (C=O) groups is 1. The fourth-order valence-corrected chi connectivity index (χ4v) is 6.78. The van der Waals surface area contributed by atoms with Crippen LogP contribution in [0.1, 0.15) is 77.2 Å². The van der Waals surface area contributed by atoms with Crippen LogP contribution in [0.2, 0.25) is 0 Å². The molecule has 1 saturated carbocycles. The SMILES string of the molecule is Cc1ccc(S(=O)(=O)N2CCC(CC(=O)NCCCN(C(C)C)C3CCCCC3)CC2)cc1. The summed E-state index contributed by atoms with van der Waals surface area (Å²) >= 11 is 0.